The molecule has 0 bridgehead atoms. The number of aromatic nitrogens is 1. The number of hydrogen-bond acceptors (Lipinski definition) is 4. The van der Waals surface area contributed by atoms with E-state index in [0.717, 1.165) is 100 Å². The van der Waals surface area contributed by atoms with E-state index in [1.54, 1.807) is 4.57 Å². The molecule has 5 nitrogen and oxygen atoms in total. The first-order valence-electron chi connectivity index (χ1n) is 42.4. The zero-order valence-electron chi connectivity index (χ0n) is 70.7. The van der Waals surface area contributed by atoms with E-state index in [1.165, 1.54) is 55.6 Å². The summed E-state index contributed by atoms with van der Waals surface area (Å²) >= 11 is 0. The molecule has 6 aliphatic rings. The third kappa shape index (κ3) is 9.18. The van der Waals surface area contributed by atoms with Gasteiger partial charge in [0.15, 0.2) is 0 Å². The van der Waals surface area contributed by atoms with Crippen molar-refractivity contribution in [2.75, 3.05) is 9.80 Å². The highest BCUT2D eigenvalue weighted by molar-refractivity contribution is 7.02. The zero-order chi connectivity index (χ0) is 81.0. The third-order valence-corrected chi connectivity index (χ3v) is 24.4. The second-order valence-electron chi connectivity index (χ2n) is 33.6. The molecule has 0 N–H and O–H groups in total. The zero-order valence-corrected chi connectivity index (χ0v) is 62.7. The molecule has 16 aromatic rings. The van der Waals surface area contributed by atoms with Gasteiger partial charge in [-0.3, -0.25) is 0 Å². The summed E-state index contributed by atoms with van der Waals surface area (Å²) in [5.74, 6) is 2.30. The van der Waals surface area contributed by atoms with Crippen molar-refractivity contribution in [2.24, 2.45) is 0 Å². The van der Waals surface area contributed by atoms with Gasteiger partial charge in [-0.15, -0.1) is 0 Å². The van der Waals surface area contributed by atoms with Gasteiger partial charge in [0, 0.05) is 62.5 Å². The summed E-state index contributed by atoms with van der Waals surface area (Å²) in [7, 11) is 0. The van der Waals surface area contributed by atoms with E-state index in [-0.39, 0.29) is 44.8 Å². The topological polar surface area (TPSA) is 29.9 Å². The van der Waals surface area contributed by atoms with Crippen molar-refractivity contribution in [3.63, 3.8) is 0 Å². The predicted molar refractivity (Wildman–Crippen MR) is 461 cm³/mol. The fourth-order valence-corrected chi connectivity index (χ4v) is 19.3. The van der Waals surface area contributed by atoms with Gasteiger partial charge >= 0.3 is 0 Å². The van der Waals surface area contributed by atoms with E-state index < -0.39 is 60.5 Å². The van der Waals surface area contributed by atoms with Crippen LogP contribution in [0.25, 0.3) is 83.1 Å². The van der Waals surface area contributed by atoms with Crippen LogP contribution in [0.2, 0.25) is 0 Å². The highest BCUT2D eigenvalue weighted by atomic mass is 16.5. The van der Waals surface area contributed by atoms with Crippen molar-refractivity contribution in [3.05, 3.63) is 354 Å². The van der Waals surface area contributed by atoms with E-state index in [4.69, 9.17) is 12.2 Å². The molecule has 0 amide bonds. The van der Waals surface area contributed by atoms with E-state index in [2.05, 4.69) is 315 Å². The van der Waals surface area contributed by atoms with E-state index in [1.807, 2.05) is 24.3 Å². The smallest absolute Gasteiger partial charge is 0.256 e. The molecule has 524 valence electrons. The van der Waals surface area contributed by atoms with Crippen LogP contribution >= 0.6 is 0 Å². The average molecular weight is 1420 g/mol. The van der Waals surface area contributed by atoms with Crippen LogP contribution in [0.5, 0.6) is 23.0 Å². The van der Waals surface area contributed by atoms with Crippen molar-refractivity contribution in [2.45, 2.75) is 84.0 Å². The molecule has 22 rings (SSSR count). The fraction of sp³-hybridized carbons (Fsp3) is 0.126. The van der Waals surface area contributed by atoms with Gasteiger partial charge in [-0.05, 0) is 199 Å². The van der Waals surface area contributed by atoms with Crippen molar-refractivity contribution in [1.82, 2.24) is 4.57 Å². The second-order valence-corrected chi connectivity index (χ2v) is 33.6. The van der Waals surface area contributed by atoms with Crippen molar-refractivity contribution < 1.29 is 20.4 Å². The molecule has 0 radical (unpaired) electrons. The Labute approximate surface area is 655 Å². The highest BCUT2D eigenvalue weighted by Crippen LogP contribution is 2.65. The Bertz CT molecular complexity index is 6930. The number of benzene rings is 15. The minimum Gasteiger partial charge on any atom is -0.458 e. The molecular formula is C103H79B2N3O2. The molecule has 0 atom stereocenters. The maximum absolute atomic E-state index is 9.89. The molecule has 7 heteroatoms. The lowest BCUT2D eigenvalue weighted by Gasteiger charge is -2.43. The molecule has 2 aliphatic carbocycles. The van der Waals surface area contributed by atoms with Gasteiger partial charge in [-0.25, -0.2) is 0 Å². The van der Waals surface area contributed by atoms with E-state index in [0.29, 0.717) is 34.4 Å². The largest absolute Gasteiger partial charge is 0.458 e. The number of para-hydroxylation sites is 4. The average Bonchev–Trinajstić information content (AvgIpc) is 1.48. The highest BCUT2D eigenvalue weighted by Gasteiger charge is 2.54. The van der Waals surface area contributed by atoms with Crippen molar-refractivity contribution in [3.8, 4) is 84.3 Å². The summed E-state index contributed by atoms with van der Waals surface area (Å²) in [6.07, 6.45) is 0. The van der Waals surface area contributed by atoms with Crippen molar-refractivity contribution in [1.29, 1.82) is 0 Å². The molecule has 0 saturated heterocycles. The monoisotopic (exact) mass is 1420 g/mol. The summed E-state index contributed by atoms with van der Waals surface area (Å²) in [6.45, 7) is 19.6. The van der Waals surface area contributed by atoms with Gasteiger partial charge in [-0.2, -0.15) is 0 Å². The Kier molecular flexibility index (Phi) is 12.0. The summed E-state index contributed by atoms with van der Waals surface area (Å²) in [6, 6.07) is 93.6. The Hall–Kier alpha value is -12.6. The normalized spacial score (nSPS) is 15.2. The molecule has 110 heavy (non-hydrogen) atoms. The minimum absolute atomic E-state index is 0.000870. The molecule has 4 aliphatic heterocycles. The minimum atomic E-state index is -0.671. The first-order chi connectivity index (χ1) is 56.8. The van der Waals surface area contributed by atoms with Gasteiger partial charge in [0.05, 0.1) is 38.8 Å². The Morgan fingerprint density at radius 3 is 1.29 bits per heavy atom. The molecule has 1 aromatic heterocycles. The lowest BCUT2D eigenvalue weighted by atomic mass is 9.31. The van der Waals surface area contributed by atoms with Crippen LogP contribution in [0, 0.1) is 0 Å². The van der Waals surface area contributed by atoms with Crippen LogP contribution in [0.15, 0.2) is 315 Å². The number of fused-ring (bicyclic) bond motifs is 21. The SMILES string of the molecule is [2H]c1c([2H])c([2H])c2c(c1[2H])c1c([2H])c([2H])c([2H])c([2H])c1n2-c1cc2c3c(c1)N(c1c(-c4ccccc4)cc(C(C)(C)C)cc1-c1ccccc1)c1ccccc1B3c1cc3c(cc1O2)Oc1cc(-c2cccc4c2C2(c5ccccc5-c5ccccc52)c2ccccc2-4)cc2c1B3c1ccccc1N2c1cc(C(C)(C)C)cc(C(C)(C)C)c1. The fourth-order valence-electron chi connectivity index (χ4n) is 19.3. The molecule has 15 aromatic carbocycles. The summed E-state index contributed by atoms with van der Waals surface area (Å²) in [5.41, 5.74) is 29.7. The second kappa shape index (κ2) is 23.2. The maximum Gasteiger partial charge on any atom is 0.256 e. The summed E-state index contributed by atoms with van der Waals surface area (Å²) in [4.78, 5) is 4.86. The first-order valence-corrected chi connectivity index (χ1v) is 38.4. The molecule has 0 fully saturated rings. The van der Waals surface area contributed by atoms with Gasteiger partial charge in [0.25, 0.3) is 13.4 Å². The van der Waals surface area contributed by atoms with Crippen molar-refractivity contribution >= 4 is 102 Å². The van der Waals surface area contributed by atoms with Gasteiger partial charge in [0.2, 0.25) is 0 Å². The number of hydrogen-bond donors (Lipinski definition) is 0. The molecule has 0 unspecified atom stereocenters. The van der Waals surface area contributed by atoms with Crippen LogP contribution in [-0.4, -0.2) is 18.0 Å². The number of nitrogens with zero attached hydrogens (tertiary/aromatic N) is 3. The lowest BCUT2D eigenvalue weighted by molar-refractivity contribution is 0.465. The predicted octanol–water partition coefficient (Wildman–Crippen LogP) is 22.8. The van der Waals surface area contributed by atoms with Crippen LogP contribution in [0.3, 0.4) is 0 Å². The first kappa shape index (κ1) is 56.7. The van der Waals surface area contributed by atoms with Gasteiger partial charge < -0.3 is 23.8 Å². The molecular weight excluding hydrogens is 1330 g/mol. The van der Waals surface area contributed by atoms with Crippen LogP contribution in [0.4, 0.5) is 34.1 Å². The Morgan fingerprint density at radius 2 is 0.755 bits per heavy atom. The third-order valence-electron chi connectivity index (χ3n) is 24.4. The maximum atomic E-state index is 9.89. The van der Waals surface area contributed by atoms with Gasteiger partial charge in [-0.1, -0.05) is 299 Å². The van der Waals surface area contributed by atoms with E-state index >= 15 is 0 Å². The molecule has 1 spiro atoms. The van der Waals surface area contributed by atoms with Gasteiger partial charge in [0.1, 0.15) is 23.0 Å². The molecule has 0 saturated carbocycles. The quantitative estimate of drug-likeness (QED) is 0.155. The lowest BCUT2D eigenvalue weighted by Crippen LogP contribution is -2.63. The number of anilines is 6. The van der Waals surface area contributed by atoms with Crippen LogP contribution < -0.4 is 52.1 Å². The van der Waals surface area contributed by atoms with Crippen LogP contribution in [-0.2, 0) is 21.7 Å². The molecule has 5 heterocycles. The summed E-state index contributed by atoms with van der Waals surface area (Å²) in [5, 5.41) is -0.0416. The van der Waals surface area contributed by atoms with Crippen LogP contribution in [0.1, 0.15) is 112 Å². The Balaban J connectivity index is 0.829. The Morgan fingerprint density at radius 1 is 0.318 bits per heavy atom. The number of rotatable bonds is 6. The summed E-state index contributed by atoms with van der Waals surface area (Å²) < 4.78 is 93.2. The van der Waals surface area contributed by atoms with E-state index in [9.17, 15) is 8.22 Å². The standard InChI is InChI=1S/C103H79B2N3O2/c1-100(2,3)65-53-66(101(4,5)6)55-68(54-65)107-88-49-28-24-45-82(88)104-84-60-85-93(61-92(84)109-94-52-64(51-90(107)97(94)104)70-40-30-41-76-73-37-18-23-44-81(73)103(96(70)76)79-42-21-16-35-71(79)72-36-17-22-43-80(72)103)110-95-59-69(106-86-47-26-19-38-74(86)75-39-20-27-48-87(75)106)58-91-98(95)105(85)83-46-25-29-50-89(83)108(91)99-77(62-31-12-10-13-32-62)56-67(102(7,8)9)57-78(99)63-33-14-11-15-34-63/h10-61H,1-9H3/i19D,20D,26D,27D,38D,39D,47D,48D. The number of ether oxygens (including phenoxy) is 2.